The van der Waals surface area contributed by atoms with Gasteiger partial charge in [-0.15, -0.1) is 0 Å². The number of aromatic nitrogens is 4. The lowest BCUT2D eigenvalue weighted by Crippen LogP contribution is -2.33. The molecular weight excluding hydrogens is 314 g/mol. The summed E-state index contributed by atoms with van der Waals surface area (Å²) in [6, 6.07) is 8.02. The summed E-state index contributed by atoms with van der Waals surface area (Å²) in [4.78, 5) is 23.3. The third kappa shape index (κ3) is 2.33. The smallest absolute Gasteiger partial charge is 0.241 e. The molecule has 0 N–H and O–H groups in total. The summed E-state index contributed by atoms with van der Waals surface area (Å²) < 4.78 is 1.77. The molecule has 0 saturated heterocycles. The number of hydrogen-bond donors (Lipinski definition) is 0. The summed E-state index contributed by atoms with van der Waals surface area (Å²) in [6.07, 6.45) is 5.29. The van der Waals surface area contributed by atoms with Gasteiger partial charge >= 0.3 is 0 Å². The summed E-state index contributed by atoms with van der Waals surface area (Å²) in [5, 5.41) is 4.46. The average molecular weight is 333 g/mol. The van der Waals surface area contributed by atoms with E-state index in [4.69, 9.17) is 0 Å². The molecule has 0 radical (unpaired) electrons. The van der Waals surface area contributed by atoms with Crippen molar-refractivity contribution in [3.63, 3.8) is 0 Å². The van der Waals surface area contributed by atoms with Gasteiger partial charge in [0.1, 0.15) is 5.82 Å². The fourth-order valence-electron chi connectivity index (χ4n) is 3.24. The van der Waals surface area contributed by atoms with Gasteiger partial charge in [-0.1, -0.05) is 12.1 Å². The maximum Gasteiger partial charge on any atom is 0.241 e. The van der Waals surface area contributed by atoms with E-state index in [-0.39, 0.29) is 5.91 Å². The first kappa shape index (κ1) is 15.5. The van der Waals surface area contributed by atoms with Crippen molar-refractivity contribution >= 4 is 17.3 Å². The molecule has 2 aromatic heterocycles. The van der Waals surface area contributed by atoms with Crippen LogP contribution < -0.4 is 4.90 Å². The molecule has 126 valence electrons. The summed E-state index contributed by atoms with van der Waals surface area (Å²) in [7, 11) is 1.89. The number of aryl methyl sites for hydroxylation is 2. The minimum absolute atomic E-state index is 0.0214. The Hall–Kier alpha value is -3.02. The molecule has 6 nitrogen and oxygen atoms in total. The second-order valence-corrected chi connectivity index (χ2v) is 6.86. The van der Waals surface area contributed by atoms with Crippen molar-refractivity contribution in [1.29, 1.82) is 0 Å². The summed E-state index contributed by atoms with van der Waals surface area (Å²) >= 11 is 0. The zero-order valence-corrected chi connectivity index (χ0v) is 14.7. The van der Waals surface area contributed by atoms with Crippen LogP contribution >= 0.6 is 0 Å². The van der Waals surface area contributed by atoms with Crippen LogP contribution in [0, 0.1) is 6.92 Å². The van der Waals surface area contributed by atoms with Crippen LogP contribution in [0.2, 0.25) is 0 Å². The minimum atomic E-state index is -0.594. The standard InChI is InChI=1S/C19H19N5O/c1-12-20-10-14(11-21-12)24-17-9-13(16-7-8-23(4)22-16)5-6-15(17)19(2,3)18(24)25/h5-11H,1-4H3. The van der Waals surface area contributed by atoms with E-state index >= 15 is 0 Å². The quantitative estimate of drug-likeness (QED) is 0.723. The van der Waals surface area contributed by atoms with Crippen molar-refractivity contribution in [3.05, 3.63) is 54.2 Å². The van der Waals surface area contributed by atoms with Crippen molar-refractivity contribution in [3.8, 4) is 11.3 Å². The summed E-state index contributed by atoms with van der Waals surface area (Å²) in [5.41, 5.74) is 3.80. The highest BCUT2D eigenvalue weighted by Crippen LogP contribution is 2.46. The van der Waals surface area contributed by atoms with Gasteiger partial charge in [0, 0.05) is 18.8 Å². The van der Waals surface area contributed by atoms with Crippen molar-refractivity contribution in [2.24, 2.45) is 7.05 Å². The van der Waals surface area contributed by atoms with E-state index in [9.17, 15) is 4.79 Å². The highest BCUT2D eigenvalue weighted by atomic mass is 16.2. The Morgan fingerprint density at radius 3 is 2.44 bits per heavy atom. The van der Waals surface area contributed by atoms with Crippen LogP contribution in [0.5, 0.6) is 0 Å². The van der Waals surface area contributed by atoms with Gasteiger partial charge < -0.3 is 0 Å². The van der Waals surface area contributed by atoms with Crippen LogP contribution in [-0.2, 0) is 17.3 Å². The van der Waals surface area contributed by atoms with Gasteiger partial charge in [0.05, 0.1) is 34.9 Å². The number of carbonyl (C=O) groups excluding carboxylic acids is 1. The monoisotopic (exact) mass is 333 g/mol. The number of hydrogen-bond acceptors (Lipinski definition) is 4. The Kier molecular flexibility index (Phi) is 3.25. The lowest BCUT2D eigenvalue weighted by Gasteiger charge is -2.20. The SMILES string of the molecule is Cc1ncc(N2C(=O)C(C)(C)c3ccc(-c4ccn(C)n4)cc32)cn1. The molecule has 3 heterocycles. The van der Waals surface area contributed by atoms with Gasteiger partial charge in [0.2, 0.25) is 5.91 Å². The topological polar surface area (TPSA) is 63.9 Å². The van der Waals surface area contributed by atoms with Crippen LogP contribution in [0.25, 0.3) is 11.3 Å². The Bertz CT molecular complexity index is 972. The normalized spacial score (nSPS) is 15.5. The Balaban J connectivity index is 1.89. The number of nitrogens with zero attached hydrogens (tertiary/aromatic N) is 5. The van der Waals surface area contributed by atoms with Gasteiger partial charge in [-0.2, -0.15) is 5.10 Å². The van der Waals surface area contributed by atoms with E-state index in [1.54, 1.807) is 22.0 Å². The second kappa shape index (κ2) is 5.24. The maximum absolute atomic E-state index is 13.1. The molecule has 0 unspecified atom stereocenters. The zero-order chi connectivity index (χ0) is 17.8. The fourth-order valence-corrected chi connectivity index (χ4v) is 3.24. The first-order chi connectivity index (χ1) is 11.9. The molecule has 1 aromatic carbocycles. The number of amides is 1. The minimum Gasteiger partial charge on any atom is -0.277 e. The predicted molar refractivity (Wildman–Crippen MR) is 95.6 cm³/mol. The first-order valence-electron chi connectivity index (χ1n) is 8.15. The van der Waals surface area contributed by atoms with E-state index in [1.807, 2.05) is 58.3 Å². The summed E-state index contributed by atoms with van der Waals surface area (Å²) in [5.74, 6) is 0.699. The van der Waals surface area contributed by atoms with Crippen molar-refractivity contribution in [2.45, 2.75) is 26.2 Å². The van der Waals surface area contributed by atoms with Crippen LogP contribution in [0.1, 0.15) is 25.2 Å². The van der Waals surface area contributed by atoms with Gasteiger partial charge in [-0.25, -0.2) is 9.97 Å². The Labute approximate surface area is 146 Å². The maximum atomic E-state index is 13.1. The second-order valence-electron chi connectivity index (χ2n) is 6.86. The molecule has 4 rings (SSSR count). The van der Waals surface area contributed by atoms with E-state index in [0.29, 0.717) is 11.5 Å². The van der Waals surface area contributed by atoms with Gasteiger partial charge in [-0.05, 0) is 38.5 Å². The molecule has 25 heavy (non-hydrogen) atoms. The van der Waals surface area contributed by atoms with Crippen LogP contribution in [-0.4, -0.2) is 25.7 Å². The third-order valence-electron chi connectivity index (χ3n) is 4.68. The molecule has 0 saturated carbocycles. The number of fused-ring (bicyclic) bond motifs is 1. The molecule has 0 aliphatic carbocycles. The number of carbonyl (C=O) groups is 1. The van der Waals surface area contributed by atoms with Crippen LogP contribution in [0.4, 0.5) is 11.4 Å². The number of anilines is 2. The van der Waals surface area contributed by atoms with Crippen LogP contribution in [0.15, 0.2) is 42.9 Å². The molecule has 1 aliphatic heterocycles. The molecule has 0 bridgehead atoms. The fraction of sp³-hybridized carbons (Fsp3) is 0.263. The third-order valence-corrected chi connectivity index (χ3v) is 4.68. The zero-order valence-electron chi connectivity index (χ0n) is 14.7. The average Bonchev–Trinajstić information content (AvgIpc) is 3.10. The molecule has 1 amide bonds. The predicted octanol–water partition coefficient (Wildman–Crippen LogP) is 3.14. The van der Waals surface area contributed by atoms with Gasteiger partial charge in [0.15, 0.2) is 0 Å². The van der Waals surface area contributed by atoms with E-state index in [2.05, 4.69) is 15.1 Å². The Morgan fingerprint density at radius 1 is 1.08 bits per heavy atom. The van der Waals surface area contributed by atoms with Gasteiger partial charge in [-0.3, -0.25) is 14.4 Å². The molecule has 1 aliphatic rings. The largest absolute Gasteiger partial charge is 0.277 e. The molecule has 0 atom stereocenters. The highest BCUT2D eigenvalue weighted by Gasteiger charge is 2.44. The highest BCUT2D eigenvalue weighted by molar-refractivity contribution is 6.12. The van der Waals surface area contributed by atoms with Gasteiger partial charge in [0.25, 0.3) is 0 Å². The number of rotatable bonds is 2. The van der Waals surface area contributed by atoms with Crippen molar-refractivity contribution in [1.82, 2.24) is 19.7 Å². The number of benzene rings is 1. The van der Waals surface area contributed by atoms with E-state index in [0.717, 1.165) is 22.5 Å². The molecule has 3 aromatic rings. The first-order valence-corrected chi connectivity index (χ1v) is 8.15. The van der Waals surface area contributed by atoms with Crippen molar-refractivity contribution < 1.29 is 4.79 Å². The van der Waals surface area contributed by atoms with Crippen LogP contribution in [0.3, 0.4) is 0 Å². The van der Waals surface area contributed by atoms with E-state index in [1.165, 1.54) is 0 Å². The lowest BCUT2D eigenvalue weighted by atomic mass is 9.86. The van der Waals surface area contributed by atoms with E-state index < -0.39 is 5.41 Å². The summed E-state index contributed by atoms with van der Waals surface area (Å²) in [6.45, 7) is 5.72. The molecule has 0 spiro atoms. The Morgan fingerprint density at radius 2 is 1.80 bits per heavy atom. The lowest BCUT2D eigenvalue weighted by molar-refractivity contribution is -0.121. The van der Waals surface area contributed by atoms with Crippen molar-refractivity contribution in [2.75, 3.05) is 4.90 Å². The molecule has 6 heteroatoms. The molecule has 0 fully saturated rings. The molecular formula is C19H19N5O.